The highest BCUT2D eigenvalue weighted by Crippen LogP contribution is 2.25. The van der Waals surface area contributed by atoms with Crippen LogP contribution < -0.4 is 10.5 Å². The van der Waals surface area contributed by atoms with Crippen molar-refractivity contribution in [2.24, 2.45) is 5.73 Å². The Morgan fingerprint density at radius 2 is 1.79 bits per heavy atom. The van der Waals surface area contributed by atoms with Crippen LogP contribution in [0.3, 0.4) is 0 Å². The van der Waals surface area contributed by atoms with Crippen LogP contribution in [-0.2, 0) is 16.0 Å². The molecule has 1 atom stereocenters. The maximum atomic E-state index is 14.2. The predicted molar refractivity (Wildman–Crippen MR) is 81.5 cm³/mol. The van der Waals surface area contributed by atoms with Crippen molar-refractivity contribution in [1.29, 1.82) is 0 Å². The zero-order valence-corrected chi connectivity index (χ0v) is 12.8. The van der Waals surface area contributed by atoms with Gasteiger partial charge in [0.25, 0.3) is 5.91 Å². The molecule has 0 bridgehead atoms. The zero-order valence-electron chi connectivity index (χ0n) is 12.8. The number of primary amides is 1. The fraction of sp³-hybridized carbons (Fsp3) is 0.176. The van der Waals surface area contributed by atoms with E-state index < -0.39 is 40.9 Å². The topological polar surface area (TPSA) is 78.6 Å². The number of nitrogens with two attached hydrogens (primary N) is 1. The molecule has 0 aliphatic heterocycles. The van der Waals surface area contributed by atoms with Gasteiger partial charge < -0.3 is 15.2 Å². The third kappa shape index (κ3) is 3.87. The minimum Gasteiger partial charge on any atom is -0.475 e. The highest BCUT2D eigenvalue weighted by molar-refractivity contribution is 5.93. The van der Waals surface area contributed by atoms with E-state index in [-0.39, 0.29) is 6.42 Å². The van der Waals surface area contributed by atoms with Crippen LogP contribution in [0.5, 0.6) is 5.75 Å². The molecule has 24 heavy (non-hydrogen) atoms. The minimum absolute atomic E-state index is 0.107. The lowest BCUT2D eigenvalue weighted by Gasteiger charge is -2.18. The number of carbonyl (C=O) groups is 2. The van der Waals surface area contributed by atoms with Gasteiger partial charge in [0.05, 0.1) is 7.11 Å². The summed E-state index contributed by atoms with van der Waals surface area (Å²) in [6, 6.07) is 10.7. The smallest absolute Gasteiger partial charge is 0.347 e. The second-order valence-corrected chi connectivity index (χ2v) is 4.92. The van der Waals surface area contributed by atoms with Gasteiger partial charge in [-0.25, -0.2) is 13.6 Å². The summed E-state index contributed by atoms with van der Waals surface area (Å²) in [7, 11) is 1.17. The molecule has 126 valence electrons. The summed E-state index contributed by atoms with van der Waals surface area (Å²) in [5, 5.41) is 0. The first-order valence-corrected chi connectivity index (χ1v) is 7.00. The van der Waals surface area contributed by atoms with E-state index in [1.165, 1.54) is 7.11 Å². The van der Waals surface area contributed by atoms with Crippen molar-refractivity contribution < 1.29 is 27.8 Å². The normalized spacial score (nSPS) is 11.6. The number of methoxy groups -OCH3 is 1. The van der Waals surface area contributed by atoms with Crippen molar-refractivity contribution >= 4 is 11.9 Å². The lowest BCUT2D eigenvalue weighted by molar-refractivity contribution is -0.148. The Morgan fingerprint density at radius 1 is 1.12 bits per heavy atom. The molecule has 5 nitrogen and oxygen atoms in total. The van der Waals surface area contributed by atoms with Gasteiger partial charge in [-0.15, -0.1) is 0 Å². The van der Waals surface area contributed by atoms with Crippen LogP contribution in [0.4, 0.5) is 8.78 Å². The summed E-state index contributed by atoms with van der Waals surface area (Å²) in [5.74, 6) is -4.83. The van der Waals surface area contributed by atoms with E-state index in [9.17, 15) is 18.4 Å². The van der Waals surface area contributed by atoms with Crippen molar-refractivity contribution in [3.8, 4) is 5.75 Å². The number of rotatable bonds is 6. The van der Waals surface area contributed by atoms with Crippen molar-refractivity contribution in [1.82, 2.24) is 0 Å². The Labute approximate surface area is 137 Å². The van der Waals surface area contributed by atoms with E-state index in [4.69, 9.17) is 10.5 Å². The van der Waals surface area contributed by atoms with E-state index >= 15 is 0 Å². The maximum Gasteiger partial charge on any atom is 0.347 e. The summed E-state index contributed by atoms with van der Waals surface area (Å²) >= 11 is 0. The summed E-state index contributed by atoms with van der Waals surface area (Å²) < 4.78 is 37.7. The Hall–Kier alpha value is -2.96. The maximum absolute atomic E-state index is 14.2. The van der Waals surface area contributed by atoms with Gasteiger partial charge in [0.15, 0.2) is 17.7 Å². The average molecular weight is 335 g/mol. The standard InChI is InChI=1S/C17H15F2NO4/c1-23-17(22)13(9-10-5-3-2-4-6-10)24-12-8-7-11(18)14(15(12)19)16(20)21/h2-8,13H,9H2,1H3,(H2,20,21). The molecular formula is C17H15F2NO4. The van der Waals surface area contributed by atoms with Gasteiger partial charge in [-0.3, -0.25) is 4.79 Å². The minimum atomic E-state index is -1.27. The van der Waals surface area contributed by atoms with Gasteiger partial charge in [0, 0.05) is 6.42 Å². The first-order valence-electron chi connectivity index (χ1n) is 7.00. The summed E-state index contributed by atoms with van der Waals surface area (Å²) in [4.78, 5) is 23.0. The number of halogens is 2. The highest BCUT2D eigenvalue weighted by Gasteiger charge is 2.26. The van der Waals surface area contributed by atoms with Gasteiger partial charge in [0.1, 0.15) is 11.4 Å². The first-order chi connectivity index (χ1) is 11.4. The molecule has 1 unspecified atom stereocenters. The molecule has 0 aliphatic carbocycles. The van der Waals surface area contributed by atoms with Gasteiger partial charge in [-0.2, -0.15) is 0 Å². The quantitative estimate of drug-likeness (QED) is 0.821. The largest absolute Gasteiger partial charge is 0.475 e. The van der Waals surface area contributed by atoms with Gasteiger partial charge in [-0.1, -0.05) is 30.3 Å². The molecule has 0 heterocycles. The molecule has 0 radical (unpaired) electrons. The van der Waals surface area contributed by atoms with Crippen molar-refractivity contribution in [2.75, 3.05) is 7.11 Å². The number of amides is 1. The molecule has 2 aromatic rings. The van der Waals surface area contributed by atoms with E-state index in [1.54, 1.807) is 30.3 Å². The highest BCUT2D eigenvalue weighted by atomic mass is 19.1. The average Bonchev–Trinajstić information content (AvgIpc) is 2.56. The second-order valence-electron chi connectivity index (χ2n) is 4.92. The Kier molecular flexibility index (Phi) is 5.47. The molecular weight excluding hydrogens is 320 g/mol. The van der Waals surface area contributed by atoms with Gasteiger partial charge in [0.2, 0.25) is 0 Å². The van der Waals surface area contributed by atoms with Crippen molar-refractivity contribution in [3.63, 3.8) is 0 Å². The zero-order chi connectivity index (χ0) is 17.7. The molecule has 0 saturated heterocycles. The number of carbonyl (C=O) groups excluding carboxylic acids is 2. The first kappa shape index (κ1) is 17.4. The fourth-order valence-electron chi connectivity index (χ4n) is 2.14. The summed E-state index contributed by atoms with van der Waals surface area (Å²) in [6.45, 7) is 0. The van der Waals surface area contributed by atoms with Crippen LogP contribution in [0.25, 0.3) is 0 Å². The predicted octanol–water partition coefficient (Wildman–Crippen LogP) is 2.23. The number of hydrogen-bond donors (Lipinski definition) is 1. The molecule has 2 N–H and O–H groups in total. The monoisotopic (exact) mass is 335 g/mol. The molecule has 0 saturated carbocycles. The third-order valence-corrected chi connectivity index (χ3v) is 3.30. The Bertz CT molecular complexity index is 750. The van der Waals surface area contributed by atoms with Crippen LogP contribution >= 0.6 is 0 Å². The van der Waals surface area contributed by atoms with Crippen LogP contribution in [0.15, 0.2) is 42.5 Å². The van der Waals surface area contributed by atoms with E-state index in [0.717, 1.165) is 17.7 Å². The van der Waals surface area contributed by atoms with Gasteiger partial charge >= 0.3 is 5.97 Å². The summed E-state index contributed by atoms with van der Waals surface area (Å²) in [6.07, 6.45) is -1.06. The SMILES string of the molecule is COC(=O)C(Cc1ccccc1)Oc1ccc(F)c(C(N)=O)c1F. The third-order valence-electron chi connectivity index (χ3n) is 3.30. The molecule has 1 amide bonds. The van der Waals surface area contributed by atoms with E-state index in [2.05, 4.69) is 4.74 Å². The summed E-state index contributed by atoms with van der Waals surface area (Å²) in [5.41, 5.74) is 4.79. The molecule has 0 spiro atoms. The second kappa shape index (κ2) is 7.54. The number of ether oxygens (including phenoxy) is 2. The van der Waals surface area contributed by atoms with Crippen LogP contribution in [0, 0.1) is 11.6 Å². The van der Waals surface area contributed by atoms with Crippen LogP contribution in [0.1, 0.15) is 15.9 Å². The molecule has 0 fully saturated rings. The Morgan fingerprint density at radius 3 is 2.38 bits per heavy atom. The molecule has 0 aromatic heterocycles. The van der Waals surface area contributed by atoms with Crippen LogP contribution in [-0.4, -0.2) is 25.1 Å². The number of benzene rings is 2. The molecule has 0 aliphatic rings. The lowest BCUT2D eigenvalue weighted by atomic mass is 10.1. The van der Waals surface area contributed by atoms with Crippen molar-refractivity contribution in [2.45, 2.75) is 12.5 Å². The Balaban J connectivity index is 2.32. The molecule has 2 rings (SSSR count). The molecule has 2 aromatic carbocycles. The van der Waals surface area contributed by atoms with Crippen molar-refractivity contribution in [3.05, 3.63) is 65.2 Å². The number of hydrogen-bond acceptors (Lipinski definition) is 4. The van der Waals surface area contributed by atoms with E-state index in [0.29, 0.717) is 0 Å². The van der Waals surface area contributed by atoms with Crippen LogP contribution in [0.2, 0.25) is 0 Å². The number of esters is 1. The lowest BCUT2D eigenvalue weighted by Crippen LogP contribution is -2.31. The van der Waals surface area contributed by atoms with E-state index in [1.807, 2.05) is 0 Å². The fourth-order valence-corrected chi connectivity index (χ4v) is 2.14. The molecule has 7 heteroatoms. The van der Waals surface area contributed by atoms with Gasteiger partial charge in [-0.05, 0) is 17.7 Å².